The third-order valence-electron chi connectivity index (χ3n) is 2.72. The molecule has 0 aliphatic carbocycles. The molecule has 0 radical (unpaired) electrons. The molecular formula is C14H8N4O8. The highest BCUT2D eigenvalue weighted by atomic mass is 16.6. The van der Waals surface area contributed by atoms with Gasteiger partial charge in [-0.3, -0.25) is 20.2 Å². The summed E-state index contributed by atoms with van der Waals surface area (Å²) in [5.74, 6) is -0.0772. The van der Waals surface area contributed by atoms with Gasteiger partial charge in [-0.25, -0.2) is 9.59 Å². The predicted molar refractivity (Wildman–Crippen MR) is 83.1 cm³/mol. The number of azo groups is 1. The second-order valence-corrected chi connectivity index (χ2v) is 4.44. The zero-order valence-electron chi connectivity index (χ0n) is 12.7. The highest BCUT2D eigenvalue weighted by molar-refractivity contribution is 5.76. The number of nitro groups is 2. The average molecular weight is 360 g/mol. The second-order valence-electron chi connectivity index (χ2n) is 4.44. The lowest BCUT2D eigenvalue weighted by atomic mass is 10.3. The van der Waals surface area contributed by atoms with Crippen molar-refractivity contribution in [2.45, 2.75) is 0 Å². The van der Waals surface area contributed by atoms with Crippen molar-refractivity contribution >= 4 is 23.6 Å². The van der Waals surface area contributed by atoms with Crippen LogP contribution in [0.1, 0.15) is 0 Å². The molecule has 2 amide bonds. The summed E-state index contributed by atoms with van der Waals surface area (Å²) < 4.78 is 9.37. The molecule has 12 nitrogen and oxygen atoms in total. The Kier molecular flexibility index (Phi) is 5.61. The normalized spacial score (nSPS) is 10.3. The summed E-state index contributed by atoms with van der Waals surface area (Å²) in [4.78, 5) is 42.6. The van der Waals surface area contributed by atoms with Crippen molar-refractivity contribution in [3.8, 4) is 11.5 Å². The van der Waals surface area contributed by atoms with E-state index in [1.807, 2.05) is 0 Å². The van der Waals surface area contributed by atoms with E-state index in [0.717, 1.165) is 24.3 Å². The fourth-order valence-electron chi connectivity index (χ4n) is 1.60. The topological polar surface area (TPSA) is 164 Å². The number of hydrogen-bond acceptors (Lipinski definition) is 8. The van der Waals surface area contributed by atoms with E-state index in [1.165, 1.54) is 24.3 Å². The van der Waals surface area contributed by atoms with E-state index in [2.05, 4.69) is 19.7 Å². The fraction of sp³-hybridized carbons (Fsp3) is 0. The molecule has 0 bridgehead atoms. The van der Waals surface area contributed by atoms with E-state index in [1.54, 1.807) is 0 Å². The Morgan fingerprint density at radius 2 is 1.00 bits per heavy atom. The summed E-state index contributed by atoms with van der Waals surface area (Å²) in [6, 6.07) is 9.12. The number of carbonyl (C=O) groups is 2. The molecular weight excluding hydrogens is 352 g/mol. The standard InChI is InChI=1S/C14H8N4O8/c19-13(25-11-5-1-9(2-6-11)17(21)22)15-16-14(20)26-12-7-3-10(4-8-12)18(23)24/h1-8H. The van der Waals surface area contributed by atoms with Crippen LogP contribution in [-0.2, 0) is 0 Å². The van der Waals surface area contributed by atoms with Crippen LogP contribution in [0, 0.1) is 20.2 Å². The molecule has 26 heavy (non-hydrogen) atoms. The predicted octanol–water partition coefficient (Wildman–Crippen LogP) is 3.65. The zero-order valence-corrected chi connectivity index (χ0v) is 12.7. The smallest absolute Gasteiger partial charge is 0.408 e. The number of rotatable bonds is 4. The number of benzene rings is 2. The molecule has 2 rings (SSSR count). The molecule has 0 aromatic heterocycles. The van der Waals surface area contributed by atoms with Crippen LogP contribution >= 0.6 is 0 Å². The van der Waals surface area contributed by atoms with E-state index >= 15 is 0 Å². The lowest BCUT2D eigenvalue weighted by Crippen LogP contribution is -2.05. The van der Waals surface area contributed by atoms with Crippen molar-refractivity contribution in [3.05, 3.63) is 68.8 Å². The van der Waals surface area contributed by atoms with E-state index in [4.69, 9.17) is 0 Å². The van der Waals surface area contributed by atoms with Crippen molar-refractivity contribution in [3.63, 3.8) is 0 Å². The molecule has 132 valence electrons. The summed E-state index contributed by atoms with van der Waals surface area (Å²) >= 11 is 0. The maximum Gasteiger partial charge on any atom is 0.458 e. The number of nitro benzene ring substituents is 2. The molecule has 2 aromatic rings. The van der Waals surface area contributed by atoms with Gasteiger partial charge in [0.1, 0.15) is 11.5 Å². The molecule has 0 atom stereocenters. The Hall–Kier alpha value is -4.22. The maximum atomic E-state index is 11.4. The average Bonchev–Trinajstić information content (AvgIpc) is 2.61. The molecule has 0 aliphatic rings. The third-order valence-corrected chi connectivity index (χ3v) is 2.72. The molecule has 0 heterocycles. The van der Waals surface area contributed by atoms with Crippen molar-refractivity contribution in [2.75, 3.05) is 0 Å². The van der Waals surface area contributed by atoms with Crippen LogP contribution in [0.4, 0.5) is 21.0 Å². The minimum Gasteiger partial charge on any atom is -0.408 e. The monoisotopic (exact) mass is 360 g/mol. The van der Waals surface area contributed by atoms with Crippen molar-refractivity contribution in [2.24, 2.45) is 10.2 Å². The summed E-state index contributed by atoms with van der Waals surface area (Å²) in [6.45, 7) is 0. The van der Waals surface area contributed by atoms with Gasteiger partial charge in [-0.05, 0) is 24.3 Å². The van der Waals surface area contributed by atoms with Gasteiger partial charge in [-0.15, -0.1) is 0 Å². The molecule has 0 spiro atoms. The SMILES string of the molecule is O=C(N=NC(=O)Oc1ccc([N+](=O)[O-])cc1)Oc1ccc([N+](=O)[O-])cc1. The van der Waals surface area contributed by atoms with E-state index < -0.39 is 22.0 Å². The Balaban J connectivity index is 1.89. The quantitative estimate of drug-likeness (QED) is 0.453. The maximum absolute atomic E-state index is 11.4. The lowest BCUT2D eigenvalue weighted by molar-refractivity contribution is -0.385. The van der Waals surface area contributed by atoms with E-state index in [9.17, 15) is 29.8 Å². The molecule has 0 N–H and O–H groups in total. The molecule has 2 aromatic carbocycles. The Bertz CT molecular complexity index is 803. The molecule has 0 saturated heterocycles. The number of ether oxygens (including phenoxy) is 2. The Morgan fingerprint density at radius 3 is 1.27 bits per heavy atom. The summed E-state index contributed by atoms with van der Waals surface area (Å²) in [7, 11) is 0. The minimum absolute atomic E-state index is 0.0386. The van der Waals surface area contributed by atoms with Gasteiger partial charge in [0.2, 0.25) is 0 Å². The van der Waals surface area contributed by atoms with Crippen molar-refractivity contribution < 1.29 is 28.9 Å². The van der Waals surface area contributed by atoms with Gasteiger partial charge in [0.05, 0.1) is 9.85 Å². The zero-order chi connectivity index (χ0) is 19.1. The number of non-ortho nitro benzene ring substituents is 2. The summed E-state index contributed by atoms with van der Waals surface area (Å²) in [6.07, 6.45) is -2.50. The minimum atomic E-state index is -1.25. The van der Waals surface area contributed by atoms with Gasteiger partial charge < -0.3 is 9.47 Å². The molecule has 0 unspecified atom stereocenters. The van der Waals surface area contributed by atoms with Crippen LogP contribution in [-0.4, -0.2) is 22.0 Å². The summed E-state index contributed by atoms with van der Waals surface area (Å²) in [5, 5.41) is 26.9. The van der Waals surface area contributed by atoms with Crippen LogP contribution in [0.2, 0.25) is 0 Å². The van der Waals surface area contributed by atoms with Crippen LogP contribution < -0.4 is 9.47 Å². The van der Waals surface area contributed by atoms with Crippen LogP contribution in [0.5, 0.6) is 11.5 Å². The van der Waals surface area contributed by atoms with Crippen LogP contribution in [0.15, 0.2) is 58.8 Å². The lowest BCUT2D eigenvalue weighted by Gasteiger charge is -2.00. The molecule has 0 fully saturated rings. The highest BCUT2D eigenvalue weighted by Crippen LogP contribution is 2.19. The van der Waals surface area contributed by atoms with Gasteiger partial charge in [0, 0.05) is 24.3 Å². The number of carbonyl (C=O) groups excluding carboxylic acids is 2. The molecule has 12 heteroatoms. The van der Waals surface area contributed by atoms with Crippen molar-refractivity contribution in [1.29, 1.82) is 0 Å². The first-order valence-corrected chi connectivity index (χ1v) is 6.69. The number of nitrogens with zero attached hydrogens (tertiary/aromatic N) is 4. The van der Waals surface area contributed by atoms with Crippen LogP contribution in [0.3, 0.4) is 0 Å². The Morgan fingerprint density at radius 1 is 0.692 bits per heavy atom. The van der Waals surface area contributed by atoms with Crippen LogP contribution in [0.25, 0.3) is 0 Å². The first-order valence-electron chi connectivity index (χ1n) is 6.69. The van der Waals surface area contributed by atoms with Gasteiger partial charge >= 0.3 is 12.2 Å². The Labute approximate surface area is 144 Å². The number of amides is 2. The molecule has 0 aliphatic heterocycles. The second kappa shape index (κ2) is 8.05. The van der Waals surface area contributed by atoms with Gasteiger partial charge in [-0.1, -0.05) is 10.2 Å². The first kappa shape index (κ1) is 18.1. The van der Waals surface area contributed by atoms with Gasteiger partial charge in [0.15, 0.2) is 0 Å². The largest absolute Gasteiger partial charge is 0.458 e. The van der Waals surface area contributed by atoms with Crippen molar-refractivity contribution in [1.82, 2.24) is 0 Å². The molecule has 0 saturated carbocycles. The van der Waals surface area contributed by atoms with Gasteiger partial charge in [0.25, 0.3) is 11.4 Å². The summed E-state index contributed by atoms with van der Waals surface area (Å²) in [5.41, 5.74) is -0.392. The third kappa shape index (κ3) is 5.16. The fourth-order valence-corrected chi connectivity index (χ4v) is 1.60. The highest BCUT2D eigenvalue weighted by Gasteiger charge is 2.10. The van der Waals surface area contributed by atoms with E-state index in [0.29, 0.717) is 0 Å². The van der Waals surface area contributed by atoms with E-state index in [-0.39, 0.29) is 22.9 Å². The number of hydrogen-bond donors (Lipinski definition) is 0. The van der Waals surface area contributed by atoms with Gasteiger partial charge in [-0.2, -0.15) is 0 Å². The first-order chi connectivity index (χ1) is 12.3.